The lowest BCUT2D eigenvalue weighted by Gasteiger charge is -2.07. The van der Waals surface area contributed by atoms with Gasteiger partial charge >= 0.3 is 0 Å². The maximum atomic E-state index is 12.0. The molecule has 2 aromatic rings. The summed E-state index contributed by atoms with van der Waals surface area (Å²) in [5, 5.41) is 3.47. The molecule has 0 saturated carbocycles. The van der Waals surface area contributed by atoms with E-state index < -0.39 is 0 Å². The number of benzene rings is 1. The van der Waals surface area contributed by atoms with Crippen LogP contribution in [0.4, 0.5) is 0 Å². The summed E-state index contributed by atoms with van der Waals surface area (Å²) >= 11 is 8.02. The smallest absolute Gasteiger partial charge is 0.251 e. The molecule has 0 aliphatic rings. The van der Waals surface area contributed by atoms with Crippen molar-refractivity contribution in [2.24, 2.45) is 0 Å². The van der Waals surface area contributed by atoms with Crippen molar-refractivity contribution in [3.8, 4) is 5.88 Å². The molecule has 0 radical (unpaired) electrons. The topological polar surface area (TPSA) is 51.2 Å². The van der Waals surface area contributed by atoms with Gasteiger partial charge < -0.3 is 10.1 Å². The standard InChI is InChI=1S/C14H12ClIN2O2/c1-20-13-5-2-9(7-17-13)8-18-14(19)10-3-4-11(15)12(16)6-10/h2-7H,8H2,1H3,(H,18,19). The first-order valence-corrected chi connectivity index (χ1v) is 7.28. The minimum atomic E-state index is -0.143. The van der Waals surface area contributed by atoms with Gasteiger partial charge in [0, 0.05) is 27.9 Å². The number of amides is 1. The summed E-state index contributed by atoms with van der Waals surface area (Å²) in [5.41, 5.74) is 1.49. The van der Waals surface area contributed by atoms with Gasteiger partial charge in [-0.2, -0.15) is 0 Å². The van der Waals surface area contributed by atoms with Crippen molar-refractivity contribution in [3.63, 3.8) is 0 Å². The van der Waals surface area contributed by atoms with Gasteiger partial charge in [0.1, 0.15) is 0 Å². The lowest BCUT2D eigenvalue weighted by molar-refractivity contribution is 0.0951. The Morgan fingerprint density at radius 2 is 2.20 bits per heavy atom. The van der Waals surface area contributed by atoms with Gasteiger partial charge in [0.2, 0.25) is 5.88 Å². The number of methoxy groups -OCH3 is 1. The Balaban J connectivity index is 1.98. The second-order valence-corrected chi connectivity index (χ2v) is 5.59. The molecular weight excluding hydrogens is 391 g/mol. The molecule has 104 valence electrons. The van der Waals surface area contributed by atoms with E-state index in [1.54, 1.807) is 37.6 Å². The molecule has 0 unspecified atom stereocenters. The van der Waals surface area contributed by atoms with Crippen LogP contribution in [0.15, 0.2) is 36.5 Å². The number of carbonyl (C=O) groups is 1. The molecule has 0 bridgehead atoms. The van der Waals surface area contributed by atoms with Crippen LogP contribution in [-0.2, 0) is 6.54 Å². The molecule has 0 aliphatic heterocycles. The summed E-state index contributed by atoms with van der Waals surface area (Å²) in [7, 11) is 1.56. The SMILES string of the molecule is COc1ccc(CNC(=O)c2ccc(Cl)c(I)c2)cn1. The van der Waals surface area contributed by atoms with E-state index in [2.05, 4.69) is 32.9 Å². The number of hydrogen-bond acceptors (Lipinski definition) is 3. The number of hydrogen-bond donors (Lipinski definition) is 1. The molecule has 1 aromatic carbocycles. The third kappa shape index (κ3) is 3.83. The lowest BCUT2D eigenvalue weighted by atomic mass is 10.2. The fraction of sp³-hybridized carbons (Fsp3) is 0.143. The molecule has 6 heteroatoms. The van der Waals surface area contributed by atoms with E-state index in [0.29, 0.717) is 23.0 Å². The van der Waals surface area contributed by atoms with Crippen molar-refractivity contribution < 1.29 is 9.53 Å². The highest BCUT2D eigenvalue weighted by molar-refractivity contribution is 14.1. The Labute approximate surface area is 135 Å². The van der Waals surface area contributed by atoms with Crippen LogP contribution in [0.1, 0.15) is 15.9 Å². The first kappa shape index (κ1) is 15.1. The van der Waals surface area contributed by atoms with E-state index in [4.69, 9.17) is 16.3 Å². The molecule has 0 saturated heterocycles. The van der Waals surface area contributed by atoms with Crippen LogP contribution < -0.4 is 10.1 Å². The van der Waals surface area contributed by atoms with Gasteiger partial charge in [-0.1, -0.05) is 17.7 Å². The first-order chi connectivity index (χ1) is 9.60. The van der Waals surface area contributed by atoms with Gasteiger partial charge in [0.15, 0.2) is 0 Å². The Kier molecular flexibility index (Phi) is 5.19. The van der Waals surface area contributed by atoms with Crippen molar-refractivity contribution in [1.29, 1.82) is 0 Å². The second-order valence-electron chi connectivity index (χ2n) is 4.02. The van der Waals surface area contributed by atoms with E-state index >= 15 is 0 Å². The molecule has 0 fully saturated rings. The van der Waals surface area contributed by atoms with Gasteiger partial charge in [0.25, 0.3) is 5.91 Å². The Morgan fingerprint density at radius 3 is 2.80 bits per heavy atom. The number of aromatic nitrogens is 1. The largest absolute Gasteiger partial charge is 0.481 e. The Bertz CT molecular complexity index is 617. The molecule has 1 amide bonds. The summed E-state index contributed by atoms with van der Waals surface area (Å²) < 4.78 is 5.83. The zero-order valence-electron chi connectivity index (χ0n) is 10.7. The maximum Gasteiger partial charge on any atom is 0.251 e. The summed E-state index contributed by atoms with van der Waals surface area (Å²) in [5.74, 6) is 0.405. The summed E-state index contributed by atoms with van der Waals surface area (Å²) in [6.45, 7) is 0.412. The number of ether oxygens (including phenoxy) is 1. The summed E-state index contributed by atoms with van der Waals surface area (Å²) in [4.78, 5) is 16.1. The average Bonchev–Trinajstić information content (AvgIpc) is 2.48. The molecular formula is C14H12ClIN2O2. The normalized spacial score (nSPS) is 10.2. The van der Waals surface area contributed by atoms with Crippen molar-refractivity contribution in [1.82, 2.24) is 10.3 Å². The third-order valence-electron chi connectivity index (χ3n) is 2.64. The number of pyridine rings is 1. The Hall–Kier alpha value is -1.34. The average molecular weight is 403 g/mol. The van der Waals surface area contributed by atoms with Crippen molar-refractivity contribution >= 4 is 40.1 Å². The van der Waals surface area contributed by atoms with E-state index in [0.717, 1.165) is 9.13 Å². The molecule has 1 aromatic heterocycles. The van der Waals surface area contributed by atoms with Crippen LogP contribution in [0.5, 0.6) is 5.88 Å². The van der Waals surface area contributed by atoms with Crippen LogP contribution in [-0.4, -0.2) is 18.0 Å². The molecule has 4 nitrogen and oxygen atoms in total. The van der Waals surface area contributed by atoms with Gasteiger partial charge in [-0.15, -0.1) is 0 Å². The molecule has 1 N–H and O–H groups in total. The van der Waals surface area contributed by atoms with Crippen molar-refractivity contribution in [2.75, 3.05) is 7.11 Å². The second kappa shape index (κ2) is 6.90. The van der Waals surface area contributed by atoms with Gasteiger partial charge in [-0.25, -0.2) is 4.98 Å². The summed E-state index contributed by atoms with van der Waals surface area (Å²) in [6, 6.07) is 8.79. The Morgan fingerprint density at radius 1 is 1.40 bits per heavy atom. The molecule has 20 heavy (non-hydrogen) atoms. The van der Waals surface area contributed by atoms with Gasteiger partial charge in [-0.3, -0.25) is 4.79 Å². The monoisotopic (exact) mass is 402 g/mol. The van der Waals surface area contributed by atoms with Crippen molar-refractivity contribution in [3.05, 3.63) is 56.2 Å². The highest BCUT2D eigenvalue weighted by atomic mass is 127. The lowest BCUT2D eigenvalue weighted by Crippen LogP contribution is -2.22. The highest BCUT2D eigenvalue weighted by Crippen LogP contribution is 2.19. The minimum Gasteiger partial charge on any atom is -0.481 e. The zero-order chi connectivity index (χ0) is 14.5. The number of nitrogens with one attached hydrogen (secondary N) is 1. The molecule has 0 spiro atoms. The molecule has 0 aliphatic carbocycles. The molecule has 0 atom stereocenters. The predicted octanol–water partition coefficient (Wildman–Crippen LogP) is 3.28. The predicted molar refractivity (Wildman–Crippen MR) is 86.1 cm³/mol. The van der Waals surface area contributed by atoms with E-state index in [9.17, 15) is 4.79 Å². The van der Waals surface area contributed by atoms with Gasteiger partial charge in [0.05, 0.1) is 12.1 Å². The van der Waals surface area contributed by atoms with E-state index in [-0.39, 0.29) is 5.91 Å². The number of halogens is 2. The van der Waals surface area contributed by atoms with Gasteiger partial charge in [-0.05, 0) is 46.4 Å². The minimum absolute atomic E-state index is 0.143. The van der Waals surface area contributed by atoms with Crippen LogP contribution in [0.2, 0.25) is 5.02 Å². The number of rotatable bonds is 4. The number of nitrogens with zero attached hydrogens (tertiary/aromatic N) is 1. The first-order valence-electron chi connectivity index (χ1n) is 5.82. The number of carbonyl (C=O) groups excluding carboxylic acids is 1. The quantitative estimate of drug-likeness (QED) is 0.799. The van der Waals surface area contributed by atoms with Crippen LogP contribution in [0, 0.1) is 3.57 Å². The highest BCUT2D eigenvalue weighted by Gasteiger charge is 2.07. The maximum absolute atomic E-state index is 12.0. The molecule has 2 rings (SSSR count). The fourth-order valence-corrected chi connectivity index (χ4v) is 2.19. The van der Waals surface area contributed by atoms with E-state index in [1.165, 1.54) is 0 Å². The fourth-order valence-electron chi connectivity index (χ4n) is 1.56. The molecule has 1 heterocycles. The third-order valence-corrected chi connectivity index (χ3v) is 4.18. The van der Waals surface area contributed by atoms with E-state index in [1.807, 2.05) is 6.07 Å². The zero-order valence-corrected chi connectivity index (χ0v) is 13.6. The van der Waals surface area contributed by atoms with Crippen LogP contribution in [0.3, 0.4) is 0 Å². The van der Waals surface area contributed by atoms with Crippen LogP contribution >= 0.6 is 34.2 Å². The van der Waals surface area contributed by atoms with Crippen LogP contribution in [0.25, 0.3) is 0 Å². The summed E-state index contributed by atoms with van der Waals surface area (Å²) in [6.07, 6.45) is 1.67. The van der Waals surface area contributed by atoms with Crippen molar-refractivity contribution in [2.45, 2.75) is 6.54 Å².